The number of hydrogen-bond acceptors (Lipinski definition) is 2. The van der Waals surface area contributed by atoms with Gasteiger partial charge in [0.2, 0.25) is 0 Å². The molecule has 1 N–H and O–H groups in total. The summed E-state index contributed by atoms with van der Waals surface area (Å²) in [6.45, 7) is 7.12. The quantitative estimate of drug-likeness (QED) is 0.760. The van der Waals surface area contributed by atoms with E-state index in [9.17, 15) is 5.11 Å². The van der Waals surface area contributed by atoms with Crippen molar-refractivity contribution in [2.45, 2.75) is 70.9 Å². The Labute approximate surface area is 106 Å². The Hall–Kier alpha value is -0.0800. The highest BCUT2D eigenvalue weighted by molar-refractivity contribution is 4.85. The van der Waals surface area contributed by atoms with Crippen LogP contribution in [0.2, 0.25) is 0 Å². The highest BCUT2D eigenvalue weighted by Crippen LogP contribution is 2.28. The maximum Gasteiger partial charge on any atom is 0.0695 e. The van der Waals surface area contributed by atoms with Crippen LogP contribution in [-0.4, -0.2) is 35.2 Å². The lowest BCUT2D eigenvalue weighted by molar-refractivity contribution is 0.000151. The van der Waals surface area contributed by atoms with Gasteiger partial charge < -0.3 is 5.11 Å². The fraction of sp³-hybridized carbons (Fsp3) is 1.00. The van der Waals surface area contributed by atoms with Crippen LogP contribution >= 0.6 is 0 Å². The van der Waals surface area contributed by atoms with Crippen LogP contribution in [0.5, 0.6) is 0 Å². The van der Waals surface area contributed by atoms with Crippen molar-refractivity contribution in [3.8, 4) is 0 Å². The van der Waals surface area contributed by atoms with E-state index in [-0.39, 0.29) is 6.10 Å². The average Bonchev–Trinajstić information content (AvgIpc) is 2.22. The molecule has 1 saturated carbocycles. The van der Waals surface area contributed by atoms with Gasteiger partial charge in [0.25, 0.3) is 0 Å². The lowest BCUT2D eigenvalue weighted by atomic mass is 9.87. The zero-order valence-electron chi connectivity index (χ0n) is 11.6. The predicted molar refractivity (Wildman–Crippen MR) is 72.0 cm³/mol. The molecule has 0 radical (unpaired) electrons. The summed E-state index contributed by atoms with van der Waals surface area (Å²) in [5.41, 5.74) is 0. The molecule has 0 bridgehead atoms. The van der Waals surface area contributed by atoms with E-state index in [1.54, 1.807) is 0 Å². The van der Waals surface area contributed by atoms with Crippen LogP contribution in [0.3, 0.4) is 0 Å². The highest BCUT2D eigenvalue weighted by Gasteiger charge is 2.31. The lowest BCUT2D eigenvalue weighted by Gasteiger charge is -2.42. The minimum atomic E-state index is -0.0761. The summed E-state index contributed by atoms with van der Waals surface area (Å²) in [5.74, 6) is 1.60. The summed E-state index contributed by atoms with van der Waals surface area (Å²) >= 11 is 0. The molecule has 17 heavy (non-hydrogen) atoms. The Balaban J connectivity index is 1.97. The van der Waals surface area contributed by atoms with E-state index in [1.807, 2.05) is 0 Å². The average molecular weight is 239 g/mol. The number of hydrogen-bond donors (Lipinski definition) is 1. The van der Waals surface area contributed by atoms with E-state index in [4.69, 9.17) is 0 Å². The van der Waals surface area contributed by atoms with Crippen molar-refractivity contribution in [2.24, 2.45) is 11.8 Å². The minimum Gasteiger partial charge on any atom is -0.391 e. The Bertz CT molecular complexity index is 221. The third-order valence-corrected chi connectivity index (χ3v) is 4.56. The summed E-state index contributed by atoms with van der Waals surface area (Å²) in [7, 11) is 0. The molecule has 0 amide bonds. The van der Waals surface area contributed by atoms with Gasteiger partial charge in [-0.25, -0.2) is 0 Å². The minimum absolute atomic E-state index is 0.0761. The molecule has 1 saturated heterocycles. The molecule has 4 atom stereocenters. The van der Waals surface area contributed by atoms with E-state index < -0.39 is 0 Å². The van der Waals surface area contributed by atoms with Gasteiger partial charge >= 0.3 is 0 Å². The first-order chi connectivity index (χ1) is 8.16. The monoisotopic (exact) mass is 239 g/mol. The van der Waals surface area contributed by atoms with Gasteiger partial charge in [0.1, 0.15) is 0 Å². The molecule has 1 aliphatic carbocycles. The molecule has 1 heterocycles. The van der Waals surface area contributed by atoms with Crippen molar-refractivity contribution >= 4 is 0 Å². The molecule has 0 aromatic heterocycles. The van der Waals surface area contributed by atoms with Crippen molar-refractivity contribution in [3.05, 3.63) is 0 Å². The van der Waals surface area contributed by atoms with Gasteiger partial charge in [-0.15, -0.1) is 0 Å². The van der Waals surface area contributed by atoms with Crippen LogP contribution < -0.4 is 0 Å². The Morgan fingerprint density at radius 3 is 2.12 bits per heavy atom. The van der Waals surface area contributed by atoms with Gasteiger partial charge in [0.05, 0.1) is 6.10 Å². The molecule has 2 fully saturated rings. The van der Waals surface area contributed by atoms with Gasteiger partial charge in [0, 0.05) is 19.1 Å². The van der Waals surface area contributed by atoms with E-state index >= 15 is 0 Å². The van der Waals surface area contributed by atoms with Crippen LogP contribution in [0.25, 0.3) is 0 Å². The van der Waals surface area contributed by atoms with Gasteiger partial charge in [-0.3, -0.25) is 4.90 Å². The summed E-state index contributed by atoms with van der Waals surface area (Å²) in [6.07, 6.45) is 8.72. The first-order valence-electron chi connectivity index (χ1n) is 7.59. The second-order valence-electron chi connectivity index (χ2n) is 6.53. The molecule has 100 valence electrons. The predicted octanol–water partition coefficient (Wildman–Crippen LogP) is 3.05. The second-order valence-corrected chi connectivity index (χ2v) is 6.53. The molecule has 0 aromatic carbocycles. The molecule has 2 aliphatic rings. The van der Waals surface area contributed by atoms with Crippen LogP contribution in [0, 0.1) is 11.8 Å². The van der Waals surface area contributed by atoms with Crippen molar-refractivity contribution < 1.29 is 5.11 Å². The van der Waals surface area contributed by atoms with Crippen molar-refractivity contribution in [1.82, 2.24) is 4.90 Å². The number of aliphatic hydroxyl groups excluding tert-OH is 1. The van der Waals surface area contributed by atoms with Crippen LogP contribution in [0.4, 0.5) is 0 Å². The Morgan fingerprint density at radius 1 is 0.882 bits per heavy atom. The molecular formula is C15H29NO. The molecule has 2 rings (SSSR count). The van der Waals surface area contributed by atoms with Crippen molar-refractivity contribution in [3.63, 3.8) is 0 Å². The molecular weight excluding hydrogens is 210 g/mol. The molecule has 2 heteroatoms. The standard InChI is InChI=1S/C15H29NO/c1-12-9-13(2)11-16(10-12)14-7-5-3-4-6-8-15(14)17/h12-15,17H,3-11H2,1-2H3. The van der Waals surface area contributed by atoms with Gasteiger partial charge in [-0.1, -0.05) is 39.5 Å². The smallest absolute Gasteiger partial charge is 0.0695 e. The molecule has 0 spiro atoms. The topological polar surface area (TPSA) is 23.5 Å². The number of aliphatic hydroxyl groups is 1. The van der Waals surface area contributed by atoms with E-state index in [2.05, 4.69) is 18.7 Å². The Morgan fingerprint density at radius 2 is 1.47 bits per heavy atom. The van der Waals surface area contributed by atoms with E-state index in [1.165, 1.54) is 51.6 Å². The Kier molecular flexibility index (Phi) is 4.87. The van der Waals surface area contributed by atoms with Crippen LogP contribution in [0.15, 0.2) is 0 Å². The zero-order valence-corrected chi connectivity index (χ0v) is 11.6. The summed E-state index contributed by atoms with van der Waals surface area (Å²) in [5, 5.41) is 10.4. The maximum absolute atomic E-state index is 10.4. The van der Waals surface area contributed by atoms with E-state index in [0.717, 1.165) is 18.3 Å². The lowest BCUT2D eigenvalue weighted by Crippen LogP contribution is -2.50. The fourth-order valence-corrected chi connectivity index (χ4v) is 3.85. The zero-order chi connectivity index (χ0) is 12.3. The fourth-order valence-electron chi connectivity index (χ4n) is 3.85. The molecule has 4 unspecified atom stereocenters. The van der Waals surface area contributed by atoms with Gasteiger partial charge in [-0.2, -0.15) is 0 Å². The van der Waals surface area contributed by atoms with Crippen LogP contribution in [-0.2, 0) is 0 Å². The molecule has 2 nitrogen and oxygen atoms in total. The van der Waals surface area contributed by atoms with Crippen LogP contribution in [0.1, 0.15) is 58.8 Å². The molecule has 1 aliphatic heterocycles. The first kappa shape index (κ1) is 13.4. The maximum atomic E-state index is 10.4. The number of piperidine rings is 1. The highest BCUT2D eigenvalue weighted by atomic mass is 16.3. The number of likely N-dealkylation sites (tertiary alicyclic amines) is 1. The summed E-state index contributed by atoms with van der Waals surface area (Å²) < 4.78 is 0. The first-order valence-corrected chi connectivity index (χ1v) is 7.59. The van der Waals surface area contributed by atoms with Crippen molar-refractivity contribution in [1.29, 1.82) is 0 Å². The summed E-state index contributed by atoms with van der Waals surface area (Å²) in [4.78, 5) is 2.59. The second kappa shape index (κ2) is 6.19. The number of rotatable bonds is 1. The summed E-state index contributed by atoms with van der Waals surface area (Å²) in [6, 6.07) is 0.445. The number of nitrogens with zero attached hydrogens (tertiary/aromatic N) is 1. The SMILES string of the molecule is CC1CC(C)CN(C2CCCCCCC2O)C1. The van der Waals surface area contributed by atoms with Crippen molar-refractivity contribution in [2.75, 3.05) is 13.1 Å². The third-order valence-electron chi connectivity index (χ3n) is 4.56. The largest absolute Gasteiger partial charge is 0.391 e. The van der Waals surface area contributed by atoms with Gasteiger partial charge in [0.15, 0.2) is 0 Å². The molecule has 0 aromatic rings. The third kappa shape index (κ3) is 3.69. The van der Waals surface area contributed by atoms with Gasteiger partial charge in [-0.05, 0) is 31.1 Å². The van der Waals surface area contributed by atoms with E-state index in [0.29, 0.717) is 6.04 Å². The normalized spacial score (nSPS) is 41.8.